The van der Waals surface area contributed by atoms with Crippen molar-refractivity contribution in [2.24, 2.45) is 5.92 Å². The van der Waals surface area contributed by atoms with E-state index < -0.39 is 17.7 Å². The monoisotopic (exact) mass is 302 g/mol. The highest BCUT2D eigenvalue weighted by Gasteiger charge is 2.34. The molecular formula is C14H17F3N2O2. The molecule has 2 atom stereocenters. The predicted octanol–water partition coefficient (Wildman–Crippen LogP) is 2.19. The van der Waals surface area contributed by atoms with Gasteiger partial charge >= 0.3 is 6.18 Å². The van der Waals surface area contributed by atoms with Gasteiger partial charge in [-0.3, -0.25) is 4.79 Å². The van der Waals surface area contributed by atoms with Gasteiger partial charge in [0.2, 0.25) is 5.91 Å². The summed E-state index contributed by atoms with van der Waals surface area (Å²) in [5.74, 6) is -0.752. The highest BCUT2D eigenvalue weighted by Crippen LogP contribution is 2.32. The predicted molar refractivity (Wildman–Crippen MR) is 72.0 cm³/mol. The van der Waals surface area contributed by atoms with Crippen molar-refractivity contribution in [1.82, 2.24) is 5.32 Å². The molecule has 1 saturated heterocycles. The zero-order chi connectivity index (χ0) is 15.6. The van der Waals surface area contributed by atoms with Crippen molar-refractivity contribution in [2.75, 3.05) is 25.6 Å². The van der Waals surface area contributed by atoms with Crippen molar-refractivity contribution < 1.29 is 22.7 Å². The summed E-state index contributed by atoms with van der Waals surface area (Å²) in [5, 5.41) is 5.54. The second-order valence-corrected chi connectivity index (χ2v) is 5.06. The number of hydrogen-bond donors (Lipinski definition) is 2. The Bertz CT molecular complexity index is 531. The van der Waals surface area contributed by atoms with E-state index >= 15 is 0 Å². The lowest BCUT2D eigenvalue weighted by molar-refractivity contribution is -0.137. The molecule has 1 fully saturated rings. The fourth-order valence-corrected chi connectivity index (χ4v) is 2.26. The third-order valence-electron chi connectivity index (χ3n) is 3.61. The molecule has 1 aromatic carbocycles. The Labute approximate surface area is 120 Å². The van der Waals surface area contributed by atoms with Crippen LogP contribution < -0.4 is 10.6 Å². The molecule has 116 valence electrons. The van der Waals surface area contributed by atoms with Crippen LogP contribution in [0.5, 0.6) is 0 Å². The van der Waals surface area contributed by atoms with Crippen molar-refractivity contribution in [2.45, 2.75) is 19.1 Å². The van der Waals surface area contributed by atoms with Gasteiger partial charge in [0.1, 0.15) is 0 Å². The van der Waals surface area contributed by atoms with Crippen molar-refractivity contribution in [3.8, 4) is 0 Å². The van der Waals surface area contributed by atoms with E-state index in [1.54, 1.807) is 14.0 Å². The van der Waals surface area contributed by atoms with Crippen molar-refractivity contribution in [3.63, 3.8) is 0 Å². The number of aryl methyl sites for hydroxylation is 1. The molecule has 2 rings (SSSR count). The van der Waals surface area contributed by atoms with Gasteiger partial charge in [0.15, 0.2) is 0 Å². The summed E-state index contributed by atoms with van der Waals surface area (Å²) in [6, 6.07) is 3.17. The largest absolute Gasteiger partial charge is 0.416 e. The number of carbonyl (C=O) groups is 1. The van der Waals surface area contributed by atoms with Crippen LogP contribution in [0.15, 0.2) is 18.2 Å². The molecule has 0 aromatic heterocycles. The lowest BCUT2D eigenvalue weighted by Crippen LogP contribution is -2.39. The highest BCUT2D eigenvalue weighted by atomic mass is 19.4. The summed E-state index contributed by atoms with van der Waals surface area (Å²) in [4.78, 5) is 12.2. The molecule has 0 bridgehead atoms. The van der Waals surface area contributed by atoms with E-state index in [9.17, 15) is 18.0 Å². The number of nitrogens with one attached hydrogen (secondary N) is 2. The molecule has 2 unspecified atom stereocenters. The lowest BCUT2D eigenvalue weighted by atomic mass is 10.0. The van der Waals surface area contributed by atoms with Gasteiger partial charge in [-0.15, -0.1) is 0 Å². The minimum atomic E-state index is -4.43. The van der Waals surface area contributed by atoms with Crippen molar-refractivity contribution in [3.05, 3.63) is 29.3 Å². The molecule has 2 N–H and O–H groups in total. The molecule has 1 aromatic rings. The highest BCUT2D eigenvalue weighted by molar-refractivity contribution is 5.94. The Morgan fingerprint density at radius 3 is 2.67 bits per heavy atom. The van der Waals surface area contributed by atoms with E-state index in [0.717, 1.165) is 12.1 Å². The van der Waals surface area contributed by atoms with Crippen LogP contribution in [-0.2, 0) is 15.7 Å². The van der Waals surface area contributed by atoms with E-state index in [1.807, 2.05) is 0 Å². The second kappa shape index (κ2) is 6.03. The number of likely N-dealkylation sites (N-methyl/N-ethyl adjacent to an activating group) is 1. The van der Waals surface area contributed by atoms with Crippen LogP contribution in [0.2, 0.25) is 0 Å². The third kappa shape index (κ3) is 3.54. The molecule has 0 radical (unpaired) electrons. The average molecular weight is 302 g/mol. The van der Waals surface area contributed by atoms with Gasteiger partial charge in [-0.1, -0.05) is 6.07 Å². The molecule has 4 nitrogen and oxygen atoms in total. The molecule has 1 aliphatic heterocycles. The number of anilines is 1. The SMILES string of the molecule is CNC1COCC1C(=O)Nc1cc(C(F)(F)F)ccc1C. The molecule has 1 heterocycles. The Morgan fingerprint density at radius 2 is 2.05 bits per heavy atom. The number of amides is 1. The van der Waals surface area contributed by atoms with E-state index in [2.05, 4.69) is 10.6 Å². The van der Waals surface area contributed by atoms with Crippen LogP contribution >= 0.6 is 0 Å². The Morgan fingerprint density at radius 1 is 1.33 bits per heavy atom. The van der Waals surface area contributed by atoms with E-state index in [1.165, 1.54) is 6.07 Å². The topological polar surface area (TPSA) is 50.4 Å². The van der Waals surface area contributed by atoms with Gasteiger partial charge in [0, 0.05) is 11.7 Å². The zero-order valence-corrected chi connectivity index (χ0v) is 11.8. The van der Waals surface area contributed by atoms with E-state index in [-0.39, 0.29) is 24.2 Å². The zero-order valence-electron chi connectivity index (χ0n) is 11.8. The van der Waals surface area contributed by atoms with Crippen LogP contribution in [0.25, 0.3) is 0 Å². The summed E-state index contributed by atoms with van der Waals surface area (Å²) >= 11 is 0. The number of alkyl halides is 3. The molecule has 1 amide bonds. The second-order valence-electron chi connectivity index (χ2n) is 5.06. The molecule has 0 saturated carbocycles. The maximum absolute atomic E-state index is 12.7. The first-order valence-electron chi connectivity index (χ1n) is 6.56. The fourth-order valence-electron chi connectivity index (χ4n) is 2.26. The summed E-state index contributed by atoms with van der Waals surface area (Å²) in [5.41, 5.74) is -0.0240. The van der Waals surface area contributed by atoms with Crippen LogP contribution in [0.4, 0.5) is 18.9 Å². The van der Waals surface area contributed by atoms with Crippen molar-refractivity contribution in [1.29, 1.82) is 0 Å². The number of carbonyl (C=O) groups excluding carboxylic acids is 1. The molecule has 0 spiro atoms. The quantitative estimate of drug-likeness (QED) is 0.900. The maximum Gasteiger partial charge on any atom is 0.416 e. The Kier molecular flexibility index (Phi) is 4.53. The van der Waals surface area contributed by atoms with Crippen LogP contribution in [0, 0.1) is 12.8 Å². The number of ether oxygens (including phenoxy) is 1. The molecular weight excluding hydrogens is 285 g/mol. The summed E-state index contributed by atoms with van der Waals surface area (Å²) < 4.78 is 43.4. The van der Waals surface area contributed by atoms with Gasteiger partial charge in [-0.25, -0.2) is 0 Å². The summed E-state index contributed by atoms with van der Waals surface area (Å²) in [6.07, 6.45) is -4.43. The molecule has 7 heteroatoms. The number of hydrogen-bond acceptors (Lipinski definition) is 3. The lowest BCUT2D eigenvalue weighted by Gasteiger charge is -2.18. The van der Waals surface area contributed by atoms with Gasteiger partial charge in [-0.05, 0) is 31.7 Å². The van der Waals surface area contributed by atoms with Gasteiger partial charge in [-0.2, -0.15) is 13.2 Å². The number of rotatable bonds is 3. The average Bonchev–Trinajstić information content (AvgIpc) is 2.88. The smallest absolute Gasteiger partial charge is 0.379 e. The van der Waals surface area contributed by atoms with Gasteiger partial charge in [0.25, 0.3) is 0 Å². The van der Waals surface area contributed by atoms with Crippen LogP contribution in [0.1, 0.15) is 11.1 Å². The first kappa shape index (κ1) is 15.8. The van der Waals surface area contributed by atoms with E-state index in [4.69, 9.17) is 4.74 Å². The fraction of sp³-hybridized carbons (Fsp3) is 0.500. The normalized spacial score (nSPS) is 22.3. The first-order chi connectivity index (χ1) is 9.82. The number of halogens is 3. The van der Waals surface area contributed by atoms with Gasteiger partial charge < -0.3 is 15.4 Å². The third-order valence-corrected chi connectivity index (χ3v) is 3.61. The summed E-state index contributed by atoms with van der Waals surface area (Å²) in [6.45, 7) is 2.32. The molecule has 0 aliphatic carbocycles. The first-order valence-corrected chi connectivity index (χ1v) is 6.56. The Hall–Kier alpha value is -1.60. The Balaban J connectivity index is 2.17. The van der Waals surface area contributed by atoms with E-state index in [0.29, 0.717) is 12.2 Å². The van der Waals surface area contributed by atoms with Gasteiger partial charge in [0.05, 0.1) is 24.7 Å². The van der Waals surface area contributed by atoms with Crippen LogP contribution in [-0.4, -0.2) is 32.2 Å². The maximum atomic E-state index is 12.7. The minimum absolute atomic E-state index is 0.129. The van der Waals surface area contributed by atoms with Crippen molar-refractivity contribution >= 4 is 11.6 Å². The van der Waals surface area contributed by atoms with Crippen LogP contribution in [0.3, 0.4) is 0 Å². The molecule has 21 heavy (non-hydrogen) atoms. The summed E-state index contributed by atoms with van der Waals surface area (Å²) in [7, 11) is 1.72. The number of benzene rings is 1. The minimum Gasteiger partial charge on any atom is -0.379 e. The standard InChI is InChI=1S/C14H17F3N2O2/c1-8-3-4-9(14(15,16)17)5-11(8)19-13(20)10-6-21-7-12(10)18-2/h3-5,10,12,18H,6-7H2,1-2H3,(H,19,20). The molecule has 1 aliphatic rings.